The zero-order valence-electron chi connectivity index (χ0n) is 21.1. The molecule has 6 nitrogen and oxygen atoms in total. The Bertz CT molecular complexity index is 1210. The van der Waals surface area contributed by atoms with Crippen molar-refractivity contribution in [1.82, 2.24) is 9.80 Å². The van der Waals surface area contributed by atoms with Gasteiger partial charge in [0.1, 0.15) is 5.75 Å². The fourth-order valence-electron chi connectivity index (χ4n) is 5.29. The van der Waals surface area contributed by atoms with Crippen LogP contribution >= 0.6 is 11.6 Å². The van der Waals surface area contributed by atoms with Crippen LogP contribution in [0.4, 0.5) is 5.69 Å². The summed E-state index contributed by atoms with van der Waals surface area (Å²) in [5.41, 5.74) is 3.02. The van der Waals surface area contributed by atoms with Gasteiger partial charge in [0.25, 0.3) is 5.91 Å². The van der Waals surface area contributed by atoms with Crippen molar-refractivity contribution in [1.29, 1.82) is 0 Å². The van der Waals surface area contributed by atoms with Crippen molar-refractivity contribution in [2.45, 2.75) is 31.8 Å². The molecule has 2 saturated heterocycles. The Labute approximate surface area is 223 Å². The van der Waals surface area contributed by atoms with Gasteiger partial charge in [-0.05, 0) is 53.9 Å². The average Bonchev–Trinajstić information content (AvgIpc) is 3.23. The molecule has 0 aliphatic carbocycles. The molecule has 2 fully saturated rings. The van der Waals surface area contributed by atoms with Gasteiger partial charge in [-0.25, -0.2) is 4.90 Å². The Morgan fingerprint density at radius 2 is 1.51 bits per heavy atom. The molecule has 2 atom stereocenters. The first-order valence-corrected chi connectivity index (χ1v) is 13.3. The monoisotopic (exact) mass is 517 g/mol. The molecule has 2 aliphatic rings. The molecular formula is C30H32ClN3O3. The zero-order valence-corrected chi connectivity index (χ0v) is 21.8. The molecule has 0 spiro atoms. The predicted octanol–water partition coefficient (Wildman–Crippen LogP) is 5.17. The molecule has 3 aromatic carbocycles. The Balaban J connectivity index is 1.27. The second-order valence-electron chi connectivity index (χ2n) is 9.57. The van der Waals surface area contributed by atoms with E-state index in [9.17, 15) is 9.59 Å². The average molecular weight is 518 g/mol. The topological polar surface area (TPSA) is 53.1 Å². The highest BCUT2D eigenvalue weighted by atomic mass is 35.5. The van der Waals surface area contributed by atoms with Crippen molar-refractivity contribution in [3.8, 4) is 5.75 Å². The number of carbonyl (C=O) groups is 2. The summed E-state index contributed by atoms with van der Waals surface area (Å²) in [6, 6.07) is 25.4. The standard InChI is InChI=1S/C30H32ClN3O3/c1-2-20-37-26-14-12-25(13-15-26)34-28(35)21-27(30(34)36)32-16-18-33(19-17-32)29(22-6-4-3-5-7-22)23-8-10-24(31)11-9-23/h3-15,27,29H,2,16-21H2,1H3/t27-,29-/m1/s1. The molecular weight excluding hydrogens is 486 g/mol. The van der Waals surface area contributed by atoms with Crippen LogP contribution in [0.25, 0.3) is 0 Å². The van der Waals surface area contributed by atoms with E-state index in [-0.39, 0.29) is 24.3 Å². The minimum atomic E-state index is -0.420. The van der Waals surface area contributed by atoms with Gasteiger partial charge < -0.3 is 4.74 Å². The molecule has 2 amide bonds. The number of piperazine rings is 1. The van der Waals surface area contributed by atoms with E-state index < -0.39 is 6.04 Å². The van der Waals surface area contributed by atoms with Crippen LogP contribution in [0, 0.1) is 0 Å². The van der Waals surface area contributed by atoms with Crippen molar-refractivity contribution in [2.24, 2.45) is 0 Å². The van der Waals surface area contributed by atoms with Crippen LogP contribution in [0.15, 0.2) is 78.9 Å². The molecule has 0 unspecified atom stereocenters. The summed E-state index contributed by atoms with van der Waals surface area (Å²) in [4.78, 5) is 32.2. The first-order valence-electron chi connectivity index (χ1n) is 12.9. The van der Waals surface area contributed by atoms with Crippen LogP contribution in [-0.4, -0.2) is 60.4 Å². The normalized spacial score (nSPS) is 19.8. The van der Waals surface area contributed by atoms with E-state index in [1.165, 1.54) is 16.0 Å². The summed E-state index contributed by atoms with van der Waals surface area (Å²) in [6.07, 6.45) is 1.14. The molecule has 2 heterocycles. The fourth-order valence-corrected chi connectivity index (χ4v) is 5.41. The van der Waals surface area contributed by atoms with Gasteiger partial charge in [0, 0.05) is 31.2 Å². The van der Waals surface area contributed by atoms with Crippen molar-refractivity contribution < 1.29 is 14.3 Å². The predicted molar refractivity (Wildman–Crippen MR) is 146 cm³/mol. The largest absolute Gasteiger partial charge is 0.494 e. The molecule has 37 heavy (non-hydrogen) atoms. The third kappa shape index (κ3) is 5.57. The molecule has 7 heteroatoms. The lowest BCUT2D eigenvalue weighted by Crippen LogP contribution is -2.53. The quantitative estimate of drug-likeness (QED) is 0.386. The maximum Gasteiger partial charge on any atom is 0.251 e. The van der Waals surface area contributed by atoms with Gasteiger partial charge in [0.2, 0.25) is 5.91 Å². The van der Waals surface area contributed by atoms with Crippen LogP contribution < -0.4 is 9.64 Å². The second-order valence-corrected chi connectivity index (χ2v) is 10.0. The van der Waals surface area contributed by atoms with Crippen molar-refractivity contribution in [3.63, 3.8) is 0 Å². The maximum atomic E-state index is 13.4. The molecule has 0 bridgehead atoms. The van der Waals surface area contributed by atoms with E-state index in [1.807, 2.05) is 30.3 Å². The van der Waals surface area contributed by atoms with E-state index in [4.69, 9.17) is 16.3 Å². The van der Waals surface area contributed by atoms with Gasteiger partial charge in [-0.1, -0.05) is 61.0 Å². The molecule has 5 rings (SSSR count). The second kappa shape index (κ2) is 11.5. The Kier molecular flexibility index (Phi) is 7.89. The van der Waals surface area contributed by atoms with Crippen LogP contribution in [0.3, 0.4) is 0 Å². The van der Waals surface area contributed by atoms with Gasteiger partial charge in [0.15, 0.2) is 0 Å². The zero-order chi connectivity index (χ0) is 25.8. The number of ether oxygens (including phenoxy) is 1. The Hall–Kier alpha value is -3.19. The summed E-state index contributed by atoms with van der Waals surface area (Å²) in [5, 5.41) is 0.720. The van der Waals surface area contributed by atoms with Crippen molar-refractivity contribution in [3.05, 3.63) is 95.0 Å². The number of hydrogen-bond acceptors (Lipinski definition) is 5. The van der Waals surface area contributed by atoms with E-state index in [0.717, 1.165) is 43.4 Å². The molecule has 0 radical (unpaired) electrons. The van der Waals surface area contributed by atoms with Crippen molar-refractivity contribution in [2.75, 3.05) is 37.7 Å². The molecule has 2 aliphatic heterocycles. The van der Waals surface area contributed by atoms with Gasteiger partial charge in [-0.2, -0.15) is 0 Å². The minimum absolute atomic E-state index is 0.103. The first kappa shape index (κ1) is 25.5. The number of carbonyl (C=O) groups excluding carboxylic acids is 2. The number of hydrogen-bond donors (Lipinski definition) is 0. The van der Waals surface area contributed by atoms with E-state index in [2.05, 4.69) is 53.1 Å². The molecule has 0 saturated carbocycles. The highest BCUT2D eigenvalue weighted by molar-refractivity contribution is 6.30. The number of halogens is 1. The Morgan fingerprint density at radius 3 is 2.16 bits per heavy atom. The number of anilines is 1. The van der Waals surface area contributed by atoms with Crippen LogP contribution in [0.5, 0.6) is 5.75 Å². The van der Waals surface area contributed by atoms with Crippen LogP contribution in [0.1, 0.15) is 36.9 Å². The van der Waals surface area contributed by atoms with E-state index in [1.54, 1.807) is 12.1 Å². The number of imide groups is 1. The van der Waals surface area contributed by atoms with Gasteiger partial charge in [0.05, 0.1) is 30.8 Å². The highest BCUT2D eigenvalue weighted by Gasteiger charge is 2.43. The summed E-state index contributed by atoms with van der Waals surface area (Å²) < 4.78 is 5.63. The minimum Gasteiger partial charge on any atom is -0.494 e. The summed E-state index contributed by atoms with van der Waals surface area (Å²) in [6.45, 7) is 5.72. The Morgan fingerprint density at radius 1 is 0.865 bits per heavy atom. The lowest BCUT2D eigenvalue weighted by Gasteiger charge is -2.41. The number of nitrogens with zero attached hydrogens (tertiary/aromatic N) is 3. The fraction of sp³-hybridized carbons (Fsp3) is 0.333. The van der Waals surface area contributed by atoms with Crippen LogP contribution in [-0.2, 0) is 9.59 Å². The SMILES string of the molecule is CCCOc1ccc(N2C(=O)C[C@@H](N3CCN([C@H](c4ccccc4)c4ccc(Cl)cc4)CC3)C2=O)cc1. The van der Waals surface area contributed by atoms with E-state index >= 15 is 0 Å². The smallest absolute Gasteiger partial charge is 0.251 e. The molecule has 192 valence electrons. The molecule has 3 aromatic rings. The lowest BCUT2D eigenvalue weighted by molar-refractivity contribution is -0.123. The maximum absolute atomic E-state index is 13.4. The van der Waals surface area contributed by atoms with Gasteiger partial charge in [-0.15, -0.1) is 0 Å². The first-order chi connectivity index (χ1) is 18.0. The summed E-state index contributed by atoms with van der Waals surface area (Å²) in [5.74, 6) is 0.451. The number of rotatable bonds is 8. The summed E-state index contributed by atoms with van der Waals surface area (Å²) >= 11 is 6.16. The van der Waals surface area contributed by atoms with Crippen LogP contribution in [0.2, 0.25) is 5.02 Å². The third-order valence-electron chi connectivity index (χ3n) is 7.15. The lowest BCUT2D eigenvalue weighted by atomic mass is 9.96. The van der Waals surface area contributed by atoms with Crippen molar-refractivity contribution >= 4 is 29.1 Å². The highest BCUT2D eigenvalue weighted by Crippen LogP contribution is 2.32. The van der Waals surface area contributed by atoms with Gasteiger partial charge in [-0.3, -0.25) is 19.4 Å². The summed E-state index contributed by atoms with van der Waals surface area (Å²) in [7, 11) is 0. The van der Waals surface area contributed by atoms with E-state index in [0.29, 0.717) is 12.3 Å². The third-order valence-corrected chi connectivity index (χ3v) is 7.40. The molecule has 0 N–H and O–H groups in total. The number of amides is 2. The van der Waals surface area contributed by atoms with Gasteiger partial charge >= 0.3 is 0 Å². The number of benzene rings is 3. The molecule has 0 aromatic heterocycles.